The summed E-state index contributed by atoms with van der Waals surface area (Å²) < 4.78 is 34.7. The van der Waals surface area contributed by atoms with Gasteiger partial charge in [-0.25, -0.2) is 0 Å². The maximum Gasteiger partial charge on any atom is 0.586 e. The second-order valence-electron chi connectivity index (χ2n) is 5.69. The first kappa shape index (κ1) is 12.2. The van der Waals surface area contributed by atoms with E-state index in [0.29, 0.717) is 6.04 Å². The fourth-order valence-electron chi connectivity index (χ4n) is 2.95. The summed E-state index contributed by atoms with van der Waals surface area (Å²) >= 11 is 0. The Labute approximate surface area is 115 Å². The zero-order valence-corrected chi connectivity index (χ0v) is 10.9. The van der Waals surface area contributed by atoms with Crippen molar-refractivity contribution >= 4 is 5.69 Å². The highest BCUT2D eigenvalue weighted by molar-refractivity contribution is 5.56. The molecule has 1 saturated heterocycles. The van der Waals surface area contributed by atoms with E-state index in [-0.39, 0.29) is 11.5 Å². The molecule has 1 aliphatic carbocycles. The Morgan fingerprint density at radius 1 is 1.15 bits per heavy atom. The summed E-state index contributed by atoms with van der Waals surface area (Å²) in [5.41, 5.74) is 0.799. The van der Waals surface area contributed by atoms with Crippen molar-refractivity contribution in [2.45, 2.75) is 37.6 Å². The number of rotatable bonds is 3. The molecule has 0 aromatic heterocycles. The molecule has 4 rings (SSSR count). The Hall–Kier alpha value is -1.56. The summed E-state index contributed by atoms with van der Waals surface area (Å²) in [7, 11) is 0. The first-order valence-corrected chi connectivity index (χ1v) is 6.99. The molecule has 0 bridgehead atoms. The van der Waals surface area contributed by atoms with Crippen LogP contribution in [0.4, 0.5) is 14.5 Å². The Kier molecular flexibility index (Phi) is 2.57. The van der Waals surface area contributed by atoms with Gasteiger partial charge in [-0.1, -0.05) is 0 Å². The van der Waals surface area contributed by atoms with E-state index < -0.39 is 6.29 Å². The lowest BCUT2D eigenvalue weighted by molar-refractivity contribution is -0.286. The number of alkyl halides is 2. The molecule has 1 aromatic carbocycles. The summed E-state index contributed by atoms with van der Waals surface area (Å²) in [4.78, 5) is 2.50. The van der Waals surface area contributed by atoms with Gasteiger partial charge in [0.2, 0.25) is 0 Å². The third-order valence-corrected chi connectivity index (χ3v) is 4.05. The van der Waals surface area contributed by atoms with Gasteiger partial charge in [-0.3, -0.25) is 4.90 Å². The molecule has 0 radical (unpaired) electrons. The molecule has 108 valence electrons. The van der Waals surface area contributed by atoms with Gasteiger partial charge in [0.15, 0.2) is 11.5 Å². The second kappa shape index (κ2) is 4.22. The van der Waals surface area contributed by atoms with Crippen LogP contribution >= 0.6 is 0 Å². The third kappa shape index (κ3) is 2.28. The Morgan fingerprint density at radius 3 is 2.75 bits per heavy atom. The first-order chi connectivity index (χ1) is 9.59. The molecule has 1 aromatic rings. The van der Waals surface area contributed by atoms with Crippen molar-refractivity contribution < 1.29 is 18.3 Å². The molecule has 20 heavy (non-hydrogen) atoms. The summed E-state index contributed by atoms with van der Waals surface area (Å²) in [6.07, 6.45) is 0.163. The molecule has 1 saturated carbocycles. The summed E-state index contributed by atoms with van der Waals surface area (Å²) in [6.45, 7) is 2.14. The van der Waals surface area contributed by atoms with E-state index in [2.05, 4.69) is 19.7 Å². The molecule has 1 atom stereocenters. The molecule has 2 aliphatic heterocycles. The van der Waals surface area contributed by atoms with Gasteiger partial charge in [0.05, 0.1) is 0 Å². The molecule has 2 heterocycles. The number of ether oxygens (including phenoxy) is 2. The van der Waals surface area contributed by atoms with Crippen molar-refractivity contribution in [1.29, 1.82) is 0 Å². The lowest BCUT2D eigenvalue weighted by Gasteiger charge is -2.16. The standard InChI is InChI=1S/C14H16F2N2O2/c15-14(16)19-12-4-1-9(7-13(12)20-14)17-10-5-6-18(8-10)11-2-3-11/h1,4,7,10-11,17H,2-3,5-6,8H2. The smallest absolute Gasteiger partial charge is 0.395 e. The summed E-state index contributed by atoms with van der Waals surface area (Å²) in [5.74, 6) is 0.184. The van der Waals surface area contributed by atoms with Crippen molar-refractivity contribution in [3.63, 3.8) is 0 Å². The average molecular weight is 282 g/mol. The van der Waals surface area contributed by atoms with E-state index >= 15 is 0 Å². The lowest BCUT2D eigenvalue weighted by Crippen LogP contribution is -2.27. The van der Waals surface area contributed by atoms with Gasteiger partial charge < -0.3 is 14.8 Å². The van der Waals surface area contributed by atoms with Crippen molar-refractivity contribution in [2.75, 3.05) is 18.4 Å². The molecule has 2 fully saturated rings. The van der Waals surface area contributed by atoms with Crippen LogP contribution in [0.3, 0.4) is 0 Å². The first-order valence-electron chi connectivity index (χ1n) is 6.99. The van der Waals surface area contributed by atoms with Crippen LogP contribution < -0.4 is 14.8 Å². The number of nitrogens with zero attached hydrogens (tertiary/aromatic N) is 1. The zero-order valence-electron chi connectivity index (χ0n) is 10.9. The molecule has 6 heteroatoms. The Bertz CT molecular complexity index is 534. The largest absolute Gasteiger partial charge is 0.586 e. The van der Waals surface area contributed by atoms with Gasteiger partial charge in [0.25, 0.3) is 0 Å². The molecular formula is C14H16F2N2O2. The van der Waals surface area contributed by atoms with Gasteiger partial charge >= 0.3 is 6.29 Å². The van der Waals surface area contributed by atoms with Gasteiger partial charge in [0, 0.05) is 36.9 Å². The Balaban J connectivity index is 1.43. The van der Waals surface area contributed by atoms with Crippen molar-refractivity contribution in [3.8, 4) is 11.5 Å². The van der Waals surface area contributed by atoms with Crippen LogP contribution in [0.1, 0.15) is 19.3 Å². The molecule has 0 amide bonds. The minimum absolute atomic E-state index is 0.0894. The fraction of sp³-hybridized carbons (Fsp3) is 0.571. The molecule has 0 spiro atoms. The topological polar surface area (TPSA) is 33.7 Å². The number of halogens is 2. The number of likely N-dealkylation sites (tertiary alicyclic amines) is 1. The number of anilines is 1. The molecular weight excluding hydrogens is 266 g/mol. The molecule has 1 N–H and O–H groups in total. The Morgan fingerprint density at radius 2 is 1.95 bits per heavy atom. The number of nitrogens with one attached hydrogen (secondary N) is 1. The second-order valence-corrected chi connectivity index (χ2v) is 5.69. The van der Waals surface area contributed by atoms with Crippen LogP contribution in [0.2, 0.25) is 0 Å². The lowest BCUT2D eigenvalue weighted by atomic mass is 10.2. The third-order valence-electron chi connectivity index (χ3n) is 4.05. The van der Waals surface area contributed by atoms with Crippen molar-refractivity contribution in [3.05, 3.63) is 18.2 Å². The SMILES string of the molecule is FC1(F)Oc2ccc(NC3CCN(C4CC4)C3)cc2O1. The van der Waals surface area contributed by atoms with E-state index in [0.717, 1.165) is 31.2 Å². The van der Waals surface area contributed by atoms with E-state index in [4.69, 9.17) is 0 Å². The number of benzene rings is 1. The predicted molar refractivity (Wildman–Crippen MR) is 69.3 cm³/mol. The fourth-order valence-corrected chi connectivity index (χ4v) is 2.95. The highest BCUT2D eigenvalue weighted by atomic mass is 19.3. The van der Waals surface area contributed by atoms with Gasteiger partial charge in [-0.15, -0.1) is 8.78 Å². The van der Waals surface area contributed by atoms with E-state index in [1.54, 1.807) is 12.1 Å². The molecule has 4 nitrogen and oxygen atoms in total. The summed E-state index contributed by atoms with van der Waals surface area (Å²) in [5, 5.41) is 3.39. The molecule has 3 aliphatic rings. The zero-order chi connectivity index (χ0) is 13.7. The maximum absolute atomic E-state index is 12.9. The monoisotopic (exact) mass is 282 g/mol. The minimum atomic E-state index is -3.54. The average Bonchev–Trinajstić information content (AvgIpc) is 3.05. The number of hydrogen-bond acceptors (Lipinski definition) is 4. The molecule has 1 unspecified atom stereocenters. The minimum Gasteiger partial charge on any atom is -0.395 e. The van der Waals surface area contributed by atoms with Gasteiger partial charge in [-0.2, -0.15) is 0 Å². The van der Waals surface area contributed by atoms with Gasteiger partial charge in [0.1, 0.15) is 0 Å². The summed E-state index contributed by atoms with van der Waals surface area (Å²) in [6, 6.07) is 6.00. The van der Waals surface area contributed by atoms with E-state index in [1.807, 2.05) is 0 Å². The van der Waals surface area contributed by atoms with Crippen molar-refractivity contribution in [1.82, 2.24) is 4.90 Å². The van der Waals surface area contributed by atoms with E-state index in [9.17, 15) is 8.78 Å². The maximum atomic E-state index is 12.9. The predicted octanol–water partition coefficient (Wildman–Crippen LogP) is 2.66. The van der Waals surface area contributed by atoms with Crippen LogP contribution in [0, 0.1) is 0 Å². The van der Waals surface area contributed by atoms with Crippen LogP contribution in [0.25, 0.3) is 0 Å². The van der Waals surface area contributed by atoms with Gasteiger partial charge in [-0.05, 0) is 31.4 Å². The van der Waals surface area contributed by atoms with Crippen molar-refractivity contribution in [2.24, 2.45) is 0 Å². The van der Waals surface area contributed by atoms with Crippen LogP contribution in [-0.2, 0) is 0 Å². The number of hydrogen-bond donors (Lipinski definition) is 1. The number of fused-ring (bicyclic) bond motifs is 1. The quantitative estimate of drug-likeness (QED) is 0.924. The van der Waals surface area contributed by atoms with E-state index in [1.165, 1.54) is 18.9 Å². The normalized spacial score (nSPS) is 27.8. The van der Waals surface area contributed by atoms with Crippen LogP contribution in [0.15, 0.2) is 18.2 Å². The highest BCUT2D eigenvalue weighted by Crippen LogP contribution is 2.42. The van der Waals surface area contributed by atoms with Crippen LogP contribution in [0.5, 0.6) is 11.5 Å². The van der Waals surface area contributed by atoms with Crippen LogP contribution in [-0.4, -0.2) is 36.4 Å². The highest BCUT2D eigenvalue weighted by Gasteiger charge is 2.43.